The van der Waals surface area contributed by atoms with E-state index >= 15 is 0 Å². The molecule has 0 saturated carbocycles. The van der Waals surface area contributed by atoms with Gasteiger partial charge < -0.3 is 15.1 Å². The summed E-state index contributed by atoms with van der Waals surface area (Å²) in [6, 6.07) is 20.7. The molecule has 4 aromatic rings. The summed E-state index contributed by atoms with van der Waals surface area (Å²) in [6.07, 6.45) is 2.86. The number of nitrogens with zero attached hydrogens (tertiary/aromatic N) is 5. The highest BCUT2D eigenvalue weighted by Crippen LogP contribution is 2.30. The topological polar surface area (TPSA) is 57.2 Å². The van der Waals surface area contributed by atoms with Crippen molar-refractivity contribution in [2.24, 2.45) is 0 Å². The summed E-state index contributed by atoms with van der Waals surface area (Å²) in [5, 5.41) is 4.57. The fourth-order valence-electron chi connectivity index (χ4n) is 4.13. The molecule has 1 aliphatic heterocycles. The van der Waals surface area contributed by atoms with Crippen LogP contribution in [-0.4, -0.2) is 35.6 Å². The lowest BCUT2D eigenvalue weighted by molar-refractivity contribution is 0.704. The second-order valence-corrected chi connectivity index (χ2v) is 8.07. The summed E-state index contributed by atoms with van der Waals surface area (Å²) in [5.74, 6) is 2.65. The van der Waals surface area contributed by atoms with E-state index < -0.39 is 0 Å². The minimum atomic E-state index is 0.721. The SMILES string of the molecule is CN(C)c1nccc2c1CN(c1nc(NCc3ccccc3)c3ccccc3n1)CC2. The van der Waals surface area contributed by atoms with Crippen molar-refractivity contribution < 1.29 is 0 Å². The number of benzene rings is 2. The fraction of sp³-hybridized carbons (Fsp3) is 0.240. The van der Waals surface area contributed by atoms with E-state index in [0.29, 0.717) is 0 Å². The van der Waals surface area contributed by atoms with Crippen LogP contribution in [0.5, 0.6) is 0 Å². The Hall–Kier alpha value is -3.67. The average molecular weight is 411 g/mol. The first-order valence-corrected chi connectivity index (χ1v) is 10.6. The van der Waals surface area contributed by atoms with Crippen molar-refractivity contribution in [1.82, 2.24) is 15.0 Å². The Bertz CT molecular complexity index is 1210. The summed E-state index contributed by atoms with van der Waals surface area (Å²) in [7, 11) is 4.08. The van der Waals surface area contributed by atoms with Gasteiger partial charge >= 0.3 is 0 Å². The maximum absolute atomic E-state index is 4.96. The number of hydrogen-bond acceptors (Lipinski definition) is 6. The van der Waals surface area contributed by atoms with E-state index in [0.717, 1.165) is 54.5 Å². The molecular formula is C25H26N6. The number of anilines is 3. The van der Waals surface area contributed by atoms with Crippen molar-refractivity contribution in [3.63, 3.8) is 0 Å². The molecular weight excluding hydrogens is 384 g/mol. The fourth-order valence-corrected chi connectivity index (χ4v) is 4.13. The van der Waals surface area contributed by atoms with Crippen LogP contribution in [0.1, 0.15) is 16.7 Å². The number of rotatable bonds is 5. The molecule has 156 valence electrons. The maximum Gasteiger partial charge on any atom is 0.228 e. The van der Waals surface area contributed by atoms with Gasteiger partial charge in [-0.15, -0.1) is 0 Å². The van der Waals surface area contributed by atoms with E-state index in [9.17, 15) is 0 Å². The molecule has 2 aromatic heterocycles. The van der Waals surface area contributed by atoms with Gasteiger partial charge in [0.2, 0.25) is 5.95 Å². The van der Waals surface area contributed by atoms with E-state index in [4.69, 9.17) is 9.97 Å². The predicted molar refractivity (Wildman–Crippen MR) is 127 cm³/mol. The molecule has 0 amide bonds. The van der Waals surface area contributed by atoms with Gasteiger partial charge in [-0.05, 0) is 35.7 Å². The summed E-state index contributed by atoms with van der Waals surface area (Å²) in [5.41, 5.74) is 4.79. The quantitative estimate of drug-likeness (QED) is 0.530. The Kier molecular flexibility index (Phi) is 5.12. The van der Waals surface area contributed by atoms with Gasteiger partial charge in [-0.3, -0.25) is 0 Å². The first-order chi connectivity index (χ1) is 15.2. The lowest BCUT2D eigenvalue weighted by atomic mass is 10.0. The van der Waals surface area contributed by atoms with Crippen LogP contribution in [0.15, 0.2) is 66.9 Å². The molecule has 5 rings (SSSR count). The third-order valence-corrected chi connectivity index (χ3v) is 5.73. The molecule has 31 heavy (non-hydrogen) atoms. The molecule has 0 unspecified atom stereocenters. The first-order valence-electron chi connectivity index (χ1n) is 10.6. The lowest BCUT2D eigenvalue weighted by Crippen LogP contribution is -2.33. The molecule has 0 fully saturated rings. The van der Waals surface area contributed by atoms with Crippen molar-refractivity contribution in [3.05, 3.63) is 83.6 Å². The summed E-state index contributed by atoms with van der Waals surface area (Å²) < 4.78 is 0. The molecule has 0 aliphatic carbocycles. The van der Waals surface area contributed by atoms with Crippen molar-refractivity contribution in [1.29, 1.82) is 0 Å². The van der Waals surface area contributed by atoms with Crippen LogP contribution < -0.4 is 15.1 Å². The number of nitrogens with one attached hydrogen (secondary N) is 1. The minimum absolute atomic E-state index is 0.721. The third-order valence-electron chi connectivity index (χ3n) is 5.73. The Morgan fingerprint density at radius 2 is 1.77 bits per heavy atom. The van der Waals surface area contributed by atoms with E-state index in [1.807, 2.05) is 38.5 Å². The van der Waals surface area contributed by atoms with Crippen molar-refractivity contribution in [3.8, 4) is 0 Å². The van der Waals surface area contributed by atoms with Crippen LogP contribution in [0.3, 0.4) is 0 Å². The van der Waals surface area contributed by atoms with Gasteiger partial charge in [-0.25, -0.2) is 9.97 Å². The largest absolute Gasteiger partial charge is 0.365 e. The average Bonchev–Trinajstić information content (AvgIpc) is 2.82. The van der Waals surface area contributed by atoms with Gasteiger partial charge in [0, 0.05) is 50.9 Å². The van der Waals surface area contributed by atoms with Gasteiger partial charge in [-0.1, -0.05) is 42.5 Å². The van der Waals surface area contributed by atoms with Gasteiger partial charge in [-0.2, -0.15) is 4.98 Å². The smallest absolute Gasteiger partial charge is 0.228 e. The molecule has 1 aliphatic rings. The molecule has 0 spiro atoms. The third kappa shape index (κ3) is 3.89. The van der Waals surface area contributed by atoms with E-state index in [1.54, 1.807) is 0 Å². The van der Waals surface area contributed by atoms with Gasteiger partial charge in [0.1, 0.15) is 11.6 Å². The highest BCUT2D eigenvalue weighted by Gasteiger charge is 2.23. The number of hydrogen-bond donors (Lipinski definition) is 1. The second kappa shape index (κ2) is 8.22. The summed E-state index contributed by atoms with van der Waals surface area (Å²) in [6.45, 7) is 2.37. The van der Waals surface area contributed by atoms with Gasteiger partial charge in [0.15, 0.2) is 0 Å². The molecule has 1 N–H and O–H groups in total. The number of pyridine rings is 1. The normalized spacial score (nSPS) is 13.2. The van der Waals surface area contributed by atoms with Crippen LogP contribution in [0.25, 0.3) is 10.9 Å². The predicted octanol–water partition coefficient (Wildman–Crippen LogP) is 4.27. The van der Waals surface area contributed by atoms with E-state index in [2.05, 4.69) is 62.6 Å². The Morgan fingerprint density at radius 1 is 0.968 bits per heavy atom. The Labute approximate surface area is 182 Å². The maximum atomic E-state index is 4.96. The molecule has 3 heterocycles. The van der Waals surface area contributed by atoms with Gasteiger partial charge in [0.25, 0.3) is 0 Å². The van der Waals surface area contributed by atoms with Crippen LogP contribution in [0.4, 0.5) is 17.6 Å². The standard InChI is InChI=1S/C25H26N6/c1-30(2)24-21-17-31(15-13-19(21)12-14-26-24)25-28-22-11-7-6-10-20(22)23(29-25)27-16-18-8-4-3-5-9-18/h3-12,14H,13,15-17H2,1-2H3,(H,27,28,29). The molecule has 0 saturated heterocycles. The molecule has 0 bridgehead atoms. The zero-order valence-corrected chi connectivity index (χ0v) is 17.9. The van der Waals surface area contributed by atoms with E-state index in [-0.39, 0.29) is 0 Å². The van der Waals surface area contributed by atoms with Crippen LogP contribution in [-0.2, 0) is 19.5 Å². The second-order valence-electron chi connectivity index (χ2n) is 8.07. The Balaban J connectivity index is 1.49. The van der Waals surface area contributed by atoms with Crippen molar-refractivity contribution in [2.45, 2.75) is 19.5 Å². The van der Waals surface area contributed by atoms with Gasteiger partial charge in [0.05, 0.1) is 5.52 Å². The van der Waals surface area contributed by atoms with Crippen LogP contribution >= 0.6 is 0 Å². The highest BCUT2D eigenvalue weighted by atomic mass is 15.3. The molecule has 0 atom stereocenters. The zero-order valence-electron chi connectivity index (χ0n) is 17.9. The van der Waals surface area contributed by atoms with Crippen molar-refractivity contribution in [2.75, 3.05) is 35.8 Å². The molecule has 0 radical (unpaired) electrons. The molecule has 2 aromatic carbocycles. The number of aromatic nitrogens is 3. The molecule has 6 heteroatoms. The minimum Gasteiger partial charge on any atom is -0.365 e. The number of para-hydroxylation sites is 1. The number of fused-ring (bicyclic) bond motifs is 2. The van der Waals surface area contributed by atoms with Crippen molar-refractivity contribution >= 4 is 28.5 Å². The Morgan fingerprint density at radius 3 is 2.61 bits per heavy atom. The zero-order chi connectivity index (χ0) is 21.2. The molecule has 6 nitrogen and oxygen atoms in total. The summed E-state index contributed by atoms with van der Waals surface area (Å²) in [4.78, 5) is 18.8. The summed E-state index contributed by atoms with van der Waals surface area (Å²) >= 11 is 0. The highest BCUT2D eigenvalue weighted by molar-refractivity contribution is 5.90. The monoisotopic (exact) mass is 410 g/mol. The lowest BCUT2D eigenvalue weighted by Gasteiger charge is -2.31. The van der Waals surface area contributed by atoms with E-state index in [1.165, 1.54) is 16.7 Å². The first kappa shape index (κ1) is 19.3. The van der Waals surface area contributed by atoms with Crippen LogP contribution in [0, 0.1) is 0 Å². The van der Waals surface area contributed by atoms with Crippen LogP contribution in [0.2, 0.25) is 0 Å².